The number of phenolic OH excluding ortho intramolecular Hbond substituents is 1. The fourth-order valence-corrected chi connectivity index (χ4v) is 11.8. The molecule has 0 fully saturated rings. The number of urea groups is 1. The third-order valence-corrected chi connectivity index (χ3v) is 16.5. The molecular formula is C39H29N11O21S7. The molecule has 408 valence electrons. The van der Waals surface area contributed by atoms with Crippen LogP contribution in [0.25, 0.3) is 37.4 Å². The van der Waals surface area contributed by atoms with E-state index in [1.54, 1.807) is 24.3 Å². The standard InChI is InChI=1S/C39H29N11O21S7/c51-35-20-5-8-26(45-48-30-17-41-50(37(30)52)18-11-22-23(32(12-18)75(60,61)62)13-19(74(57,58)59)14-33(22)76(63,64)65)36(78(69,70)71)21(20)6-7-25(35)44-47-29-15-27(42-38(53)40-9-10-73(54,55)56)28(16-34(29)77(66,67)68)46-49-39-43-24-3-1-2-4-31(24)72-39/h1-8,11-17,51-52H,9-10H2,(H2,40,42,53)(H,54,55,56)(H,57,58,59)(H,60,61,62)(H,63,64,65)(H,66,67,68)(H,69,70,71). The smallest absolute Gasteiger partial charge is 0.319 e. The summed E-state index contributed by atoms with van der Waals surface area (Å²) in [5.41, 5.74) is -3.49. The lowest BCUT2D eigenvalue weighted by atomic mass is 10.1. The monoisotopic (exact) mass is 1210 g/mol. The predicted molar refractivity (Wildman–Crippen MR) is 269 cm³/mol. The van der Waals surface area contributed by atoms with Crippen LogP contribution in [0.2, 0.25) is 0 Å². The molecule has 0 saturated heterocycles. The van der Waals surface area contributed by atoms with Crippen molar-refractivity contribution in [2.24, 2.45) is 30.7 Å². The van der Waals surface area contributed by atoms with Crippen LogP contribution in [0.1, 0.15) is 0 Å². The maximum Gasteiger partial charge on any atom is 0.319 e. The zero-order valence-corrected chi connectivity index (χ0v) is 43.6. The molecule has 2 amide bonds. The zero-order chi connectivity index (χ0) is 57.1. The summed E-state index contributed by atoms with van der Waals surface area (Å²) in [5, 5.41) is 51.4. The largest absolute Gasteiger partial charge is 0.505 e. The first-order chi connectivity index (χ1) is 36.2. The van der Waals surface area contributed by atoms with E-state index < -0.39 is 171 Å². The Morgan fingerprint density at radius 2 is 1.15 bits per heavy atom. The van der Waals surface area contributed by atoms with Crippen LogP contribution in [-0.4, -0.2) is 121 Å². The summed E-state index contributed by atoms with van der Waals surface area (Å²) in [6.07, 6.45) is 0.745. The quantitative estimate of drug-likeness (QED) is 0.0356. The maximum absolute atomic E-state index is 12.9. The van der Waals surface area contributed by atoms with Gasteiger partial charge in [0.05, 0.1) is 38.4 Å². The number of hydrogen-bond acceptors (Lipinski definition) is 24. The first-order valence-corrected chi connectivity index (χ1v) is 30.1. The normalized spacial score (nSPS) is 13.2. The highest BCUT2D eigenvalue weighted by Gasteiger charge is 2.28. The van der Waals surface area contributed by atoms with Crippen LogP contribution in [-0.2, 0) is 60.7 Å². The number of aromatic hydroxyl groups is 2. The summed E-state index contributed by atoms with van der Waals surface area (Å²) in [5.74, 6) is -2.83. The average Bonchev–Trinajstić information content (AvgIpc) is 4.07. The molecule has 0 spiro atoms. The van der Waals surface area contributed by atoms with Gasteiger partial charge in [0, 0.05) is 28.1 Å². The lowest BCUT2D eigenvalue weighted by molar-refractivity contribution is 0.252. The van der Waals surface area contributed by atoms with Gasteiger partial charge in [0.1, 0.15) is 42.3 Å². The molecule has 32 nitrogen and oxygen atoms in total. The van der Waals surface area contributed by atoms with Crippen LogP contribution in [0, 0.1) is 0 Å². The second-order valence-electron chi connectivity index (χ2n) is 15.6. The highest BCUT2D eigenvalue weighted by atomic mass is 32.2. The van der Waals surface area contributed by atoms with Gasteiger partial charge in [0.2, 0.25) is 11.0 Å². The van der Waals surface area contributed by atoms with E-state index in [4.69, 9.17) is 4.55 Å². The molecule has 0 aliphatic heterocycles. The number of benzene rings is 6. The second-order valence-corrected chi connectivity index (χ2v) is 25.1. The van der Waals surface area contributed by atoms with Crippen LogP contribution in [0.5, 0.6) is 11.6 Å². The van der Waals surface area contributed by atoms with Crippen molar-refractivity contribution in [2.75, 3.05) is 17.6 Å². The molecular weight excluding hydrogens is 1180 g/mol. The van der Waals surface area contributed by atoms with Crippen molar-refractivity contribution < 1.29 is 92.8 Å². The van der Waals surface area contributed by atoms with Gasteiger partial charge in [-0.15, -0.1) is 30.7 Å². The minimum atomic E-state index is -5.44. The fourth-order valence-electron chi connectivity index (χ4n) is 7.12. The molecule has 0 atom stereocenters. The number of fused-ring (bicyclic) bond motifs is 3. The fraction of sp³-hybridized carbons (Fsp3) is 0.0513. The Bertz CT molecular complexity index is 4650. The van der Waals surface area contributed by atoms with E-state index in [2.05, 4.69) is 51.4 Å². The average molecular weight is 1210 g/mol. The summed E-state index contributed by atoms with van der Waals surface area (Å²) in [6, 6.07) is 13.1. The number of phenols is 1. The summed E-state index contributed by atoms with van der Waals surface area (Å²) in [7, 11) is -31.2. The summed E-state index contributed by atoms with van der Waals surface area (Å²) < 4.78 is 207. The third-order valence-electron chi connectivity index (χ3n) is 10.4. The van der Waals surface area contributed by atoms with E-state index in [1.165, 1.54) is 0 Å². The topological polar surface area (TPSA) is 513 Å². The SMILES string of the molecule is O=C(NCCS(=O)(=O)O)Nc1cc(N=Nc2ccc3c(S(=O)(=O)O)c(N=Nc4cnn(-c5cc(S(=O)(=O)O)c6cc(S(=O)(=O)O)cc(S(=O)(=O)O)c6c5)c4O)ccc3c2O)c(S(=O)(=O)O)cc1N=Nc1nc2ccccc2s1. The molecule has 0 saturated carbocycles. The third kappa shape index (κ3) is 12.3. The van der Waals surface area contributed by atoms with Gasteiger partial charge in [0.15, 0.2) is 11.4 Å². The molecule has 2 aromatic heterocycles. The molecule has 0 radical (unpaired) electrons. The van der Waals surface area contributed by atoms with Gasteiger partial charge in [0.25, 0.3) is 60.7 Å². The maximum atomic E-state index is 12.9. The Labute approximate surface area is 440 Å². The Balaban J connectivity index is 1.16. The number of carbonyl (C=O) groups excluding carboxylic acids is 1. The highest BCUT2D eigenvalue weighted by Crippen LogP contribution is 2.44. The summed E-state index contributed by atoms with van der Waals surface area (Å²) >= 11 is 1.08. The Morgan fingerprint density at radius 1 is 0.564 bits per heavy atom. The molecule has 8 rings (SSSR count). The van der Waals surface area contributed by atoms with E-state index >= 15 is 0 Å². The van der Waals surface area contributed by atoms with Crippen LogP contribution in [0.3, 0.4) is 0 Å². The Hall–Kier alpha value is -7.93. The van der Waals surface area contributed by atoms with Crippen molar-refractivity contribution in [3.8, 4) is 17.3 Å². The Kier molecular flexibility index (Phi) is 14.8. The van der Waals surface area contributed by atoms with Crippen LogP contribution in [0.15, 0.2) is 146 Å². The van der Waals surface area contributed by atoms with Gasteiger partial charge in [-0.1, -0.05) is 29.5 Å². The van der Waals surface area contributed by atoms with Crippen LogP contribution >= 0.6 is 11.3 Å². The van der Waals surface area contributed by atoms with Crippen molar-refractivity contribution in [2.45, 2.75) is 24.5 Å². The van der Waals surface area contributed by atoms with Crippen molar-refractivity contribution in [1.82, 2.24) is 20.1 Å². The molecule has 2 heterocycles. The Morgan fingerprint density at radius 3 is 1.79 bits per heavy atom. The number of rotatable bonds is 16. The molecule has 6 aromatic carbocycles. The number of anilines is 1. The number of carbonyl (C=O) groups is 1. The van der Waals surface area contributed by atoms with Gasteiger partial charge >= 0.3 is 6.03 Å². The molecule has 78 heavy (non-hydrogen) atoms. The highest BCUT2D eigenvalue weighted by molar-refractivity contribution is 7.87. The van der Waals surface area contributed by atoms with Crippen molar-refractivity contribution >= 4 is 149 Å². The van der Waals surface area contributed by atoms with E-state index in [-0.39, 0.29) is 16.9 Å². The lowest BCUT2D eigenvalue weighted by Crippen LogP contribution is -2.32. The van der Waals surface area contributed by atoms with Gasteiger partial charge in [-0.3, -0.25) is 27.3 Å². The first-order valence-electron chi connectivity index (χ1n) is 20.5. The van der Waals surface area contributed by atoms with Crippen LogP contribution < -0.4 is 10.6 Å². The van der Waals surface area contributed by atoms with E-state index in [9.17, 15) is 88.3 Å². The molecule has 8 aromatic rings. The number of para-hydroxylation sites is 1. The minimum absolute atomic E-state index is 0.0651. The lowest BCUT2D eigenvalue weighted by Gasteiger charge is -2.13. The van der Waals surface area contributed by atoms with Crippen molar-refractivity contribution in [1.29, 1.82) is 0 Å². The molecule has 39 heteroatoms. The number of azo groups is 3. The zero-order valence-electron chi connectivity index (χ0n) is 37.8. The minimum Gasteiger partial charge on any atom is -0.505 e. The number of amides is 2. The van der Waals surface area contributed by atoms with E-state index in [0.717, 1.165) is 53.9 Å². The van der Waals surface area contributed by atoms with E-state index in [1.807, 2.05) is 0 Å². The number of nitrogens with zero attached hydrogens (tertiary/aromatic N) is 9. The number of hydrogen-bond donors (Lipinski definition) is 10. The first kappa shape index (κ1) is 56.3. The number of thiazole rings is 1. The second kappa shape index (κ2) is 20.5. The van der Waals surface area contributed by atoms with Gasteiger partial charge < -0.3 is 20.8 Å². The van der Waals surface area contributed by atoms with Crippen LogP contribution in [0.4, 0.5) is 44.1 Å². The van der Waals surface area contributed by atoms with Gasteiger partial charge in [-0.05, 0) is 66.7 Å². The van der Waals surface area contributed by atoms with Gasteiger partial charge in [-0.2, -0.15) is 60.3 Å². The molecule has 0 aliphatic rings. The molecule has 0 aliphatic carbocycles. The molecule has 10 N–H and O–H groups in total. The molecule has 0 bridgehead atoms. The number of nitrogens with one attached hydrogen (secondary N) is 2. The number of aromatic nitrogens is 3. The summed E-state index contributed by atoms with van der Waals surface area (Å²) in [4.78, 5) is 11.4. The predicted octanol–water partition coefficient (Wildman–Crippen LogP) is 6.69. The van der Waals surface area contributed by atoms with Crippen molar-refractivity contribution in [3.63, 3.8) is 0 Å². The van der Waals surface area contributed by atoms with Crippen molar-refractivity contribution in [3.05, 3.63) is 91.1 Å². The van der Waals surface area contributed by atoms with E-state index in [0.29, 0.717) is 33.1 Å². The molecule has 0 unspecified atom stereocenters. The summed E-state index contributed by atoms with van der Waals surface area (Å²) in [6.45, 7) is -0.609. The van der Waals surface area contributed by atoms with Gasteiger partial charge in [-0.25, -0.2) is 9.78 Å².